The molecule has 2 aromatic rings. The largest absolute Gasteiger partial charge is 0.496 e. The van der Waals surface area contributed by atoms with E-state index < -0.39 is 0 Å². The molecule has 1 saturated heterocycles. The third kappa shape index (κ3) is 5.35. The standard InChI is InChI=1S/C23H28N2O4/c1-16-8-10-19(12-17(16)2)25-14-20(29-15-23(25)27)13-24-22(26)11-9-18-6-4-5-7-21(18)28-3/h4-8,10,12,20H,9,11,13-15H2,1-3H3,(H,24,26). The monoisotopic (exact) mass is 396 g/mol. The van der Waals surface area contributed by atoms with Crippen molar-refractivity contribution in [3.05, 3.63) is 59.2 Å². The van der Waals surface area contributed by atoms with Gasteiger partial charge in [0.05, 0.1) is 19.8 Å². The van der Waals surface area contributed by atoms with E-state index in [1.165, 1.54) is 5.56 Å². The first kappa shape index (κ1) is 20.9. The summed E-state index contributed by atoms with van der Waals surface area (Å²) in [5, 5.41) is 2.92. The maximum Gasteiger partial charge on any atom is 0.253 e. The van der Waals surface area contributed by atoms with Crippen LogP contribution in [-0.2, 0) is 20.7 Å². The third-order valence-electron chi connectivity index (χ3n) is 5.27. The molecule has 0 aromatic heterocycles. The van der Waals surface area contributed by atoms with E-state index in [0.29, 0.717) is 25.9 Å². The fourth-order valence-corrected chi connectivity index (χ4v) is 3.37. The smallest absolute Gasteiger partial charge is 0.253 e. The number of amides is 2. The summed E-state index contributed by atoms with van der Waals surface area (Å²) in [6, 6.07) is 13.7. The third-order valence-corrected chi connectivity index (χ3v) is 5.27. The Bertz CT molecular complexity index is 881. The Kier molecular flexibility index (Phi) is 6.88. The second-order valence-electron chi connectivity index (χ2n) is 7.32. The summed E-state index contributed by atoms with van der Waals surface area (Å²) in [5.74, 6) is 0.680. The number of ether oxygens (including phenoxy) is 2. The fourth-order valence-electron chi connectivity index (χ4n) is 3.37. The number of nitrogens with one attached hydrogen (secondary N) is 1. The molecule has 1 aliphatic rings. The lowest BCUT2D eigenvalue weighted by molar-refractivity contribution is -0.129. The topological polar surface area (TPSA) is 67.9 Å². The van der Waals surface area contributed by atoms with E-state index in [1.54, 1.807) is 12.0 Å². The molecule has 2 amide bonds. The van der Waals surface area contributed by atoms with Crippen LogP contribution >= 0.6 is 0 Å². The predicted octanol–water partition coefficient (Wildman–Crippen LogP) is 2.79. The molecular formula is C23H28N2O4. The zero-order valence-electron chi connectivity index (χ0n) is 17.2. The fraction of sp³-hybridized carbons (Fsp3) is 0.391. The summed E-state index contributed by atoms with van der Waals surface area (Å²) in [5.41, 5.74) is 4.20. The Hall–Kier alpha value is -2.86. The van der Waals surface area contributed by atoms with Crippen molar-refractivity contribution in [3.63, 3.8) is 0 Å². The summed E-state index contributed by atoms with van der Waals surface area (Å²) < 4.78 is 10.9. The highest BCUT2D eigenvalue weighted by molar-refractivity contribution is 5.95. The Morgan fingerprint density at radius 1 is 1.21 bits per heavy atom. The molecule has 1 unspecified atom stereocenters. The van der Waals surface area contributed by atoms with Gasteiger partial charge in [0.15, 0.2) is 0 Å². The van der Waals surface area contributed by atoms with Crippen LogP contribution in [0.2, 0.25) is 0 Å². The summed E-state index contributed by atoms with van der Waals surface area (Å²) in [7, 11) is 1.63. The van der Waals surface area contributed by atoms with Crippen molar-refractivity contribution < 1.29 is 19.1 Å². The van der Waals surface area contributed by atoms with Crippen molar-refractivity contribution >= 4 is 17.5 Å². The Labute approximate surface area is 171 Å². The quantitative estimate of drug-likeness (QED) is 0.782. The van der Waals surface area contributed by atoms with Gasteiger partial charge in [-0.05, 0) is 55.2 Å². The first-order valence-corrected chi connectivity index (χ1v) is 9.85. The molecule has 2 aromatic carbocycles. The van der Waals surface area contributed by atoms with Gasteiger partial charge in [-0.25, -0.2) is 0 Å². The highest BCUT2D eigenvalue weighted by Gasteiger charge is 2.27. The van der Waals surface area contributed by atoms with Gasteiger partial charge >= 0.3 is 0 Å². The van der Waals surface area contributed by atoms with Gasteiger partial charge in [0, 0.05) is 18.7 Å². The molecule has 1 N–H and O–H groups in total. The maximum atomic E-state index is 12.3. The molecule has 0 radical (unpaired) electrons. The molecule has 0 bridgehead atoms. The average molecular weight is 396 g/mol. The van der Waals surface area contributed by atoms with E-state index in [0.717, 1.165) is 22.6 Å². The molecule has 1 atom stereocenters. The molecule has 0 spiro atoms. The lowest BCUT2D eigenvalue weighted by Gasteiger charge is -2.33. The minimum absolute atomic E-state index is 0.0225. The van der Waals surface area contributed by atoms with Crippen LogP contribution in [0.15, 0.2) is 42.5 Å². The van der Waals surface area contributed by atoms with E-state index in [-0.39, 0.29) is 24.5 Å². The molecule has 1 aliphatic heterocycles. The lowest BCUT2D eigenvalue weighted by atomic mass is 10.1. The normalized spacial score (nSPS) is 16.6. The van der Waals surface area contributed by atoms with Gasteiger partial charge in [-0.1, -0.05) is 24.3 Å². The zero-order chi connectivity index (χ0) is 20.8. The Morgan fingerprint density at radius 2 is 2.00 bits per heavy atom. The number of nitrogens with zero attached hydrogens (tertiary/aromatic N) is 1. The van der Waals surface area contributed by atoms with Gasteiger partial charge in [0.25, 0.3) is 5.91 Å². The van der Waals surface area contributed by atoms with Crippen LogP contribution in [-0.4, -0.2) is 44.7 Å². The number of benzene rings is 2. The number of methoxy groups -OCH3 is 1. The number of aryl methyl sites for hydroxylation is 3. The number of hydrogen-bond acceptors (Lipinski definition) is 4. The van der Waals surface area contributed by atoms with Gasteiger partial charge in [0.2, 0.25) is 5.91 Å². The Balaban J connectivity index is 1.51. The van der Waals surface area contributed by atoms with Crippen LogP contribution in [0, 0.1) is 13.8 Å². The second-order valence-corrected chi connectivity index (χ2v) is 7.32. The van der Waals surface area contributed by atoms with Gasteiger partial charge in [-0.2, -0.15) is 0 Å². The van der Waals surface area contributed by atoms with Crippen molar-refractivity contribution in [1.29, 1.82) is 0 Å². The first-order valence-electron chi connectivity index (χ1n) is 9.85. The van der Waals surface area contributed by atoms with Crippen LogP contribution in [0.5, 0.6) is 5.75 Å². The summed E-state index contributed by atoms with van der Waals surface area (Å²) in [4.78, 5) is 26.3. The van der Waals surface area contributed by atoms with E-state index in [9.17, 15) is 9.59 Å². The van der Waals surface area contributed by atoms with E-state index in [2.05, 4.69) is 5.32 Å². The van der Waals surface area contributed by atoms with Crippen LogP contribution in [0.1, 0.15) is 23.1 Å². The van der Waals surface area contributed by atoms with Crippen molar-refractivity contribution in [2.24, 2.45) is 0 Å². The van der Waals surface area contributed by atoms with Crippen molar-refractivity contribution in [3.8, 4) is 5.75 Å². The van der Waals surface area contributed by atoms with Gasteiger partial charge in [-0.3, -0.25) is 9.59 Å². The average Bonchev–Trinajstić information content (AvgIpc) is 2.73. The highest BCUT2D eigenvalue weighted by atomic mass is 16.5. The van der Waals surface area contributed by atoms with Crippen LogP contribution in [0.25, 0.3) is 0 Å². The van der Waals surface area contributed by atoms with Crippen LogP contribution in [0.4, 0.5) is 5.69 Å². The number of para-hydroxylation sites is 1. The molecule has 29 heavy (non-hydrogen) atoms. The molecule has 0 saturated carbocycles. The maximum absolute atomic E-state index is 12.3. The van der Waals surface area contributed by atoms with Crippen molar-refractivity contribution in [2.75, 3.05) is 31.7 Å². The zero-order valence-corrected chi connectivity index (χ0v) is 17.2. The second kappa shape index (κ2) is 9.56. The van der Waals surface area contributed by atoms with Gasteiger partial charge < -0.3 is 19.7 Å². The number of rotatable bonds is 7. The first-order chi connectivity index (χ1) is 14.0. The number of carbonyl (C=O) groups excluding carboxylic acids is 2. The molecule has 6 nitrogen and oxygen atoms in total. The molecule has 154 valence electrons. The van der Waals surface area contributed by atoms with E-state index >= 15 is 0 Å². The molecule has 3 rings (SSSR count). The van der Waals surface area contributed by atoms with Gasteiger partial charge in [0.1, 0.15) is 12.4 Å². The van der Waals surface area contributed by atoms with Gasteiger partial charge in [-0.15, -0.1) is 0 Å². The minimum atomic E-state index is -0.232. The number of morpholine rings is 1. The molecule has 1 heterocycles. The molecule has 0 aliphatic carbocycles. The summed E-state index contributed by atoms with van der Waals surface area (Å²) in [6.07, 6.45) is 0.742. The highest BCUT2D eigenvalue weighted by Crippen LogP contribution is 2.22. The molecular weight excluding hydrogens is 368 g/mol. The minimum Gasteiger partial charge on any atom is -0.496 e. The predicted molar refractivity (Wildman–Crippen MR) is 112 cm³/mol. The number of carbonyl (C=O) groups is 2. The van der Waals surface area contributed by atoms with Crippen molar-refractivity contribution in [1.82, 2.24) is 5.32 Å². The summed E-state index contributed by atoms with van der Waals surface area (Å²) in [6.45, 7) is 4.90. The van der Waals surface area contributed by atoms with E-state index in [4.69, 9.17) is 9.47 Å². The van der Waals surface area contributed by atoms with Crippen LogP contribution < -0.4 is 15.0 Å². The van der Waals surface area contributed by atoms with E-state index in [1.807, 2.05) is 56.3 Å². The summed E-state index contributed by atoms with van der Waals surface area (Å²) >= 11 is 0. The molecule has 1 fully saturated rings. The number of hydrogen-bond donors (Lipinski definition) is 1. The van der Waals surface area contributed by atoms with Crippen molar-refractivity contribution in [2.45, 2.75) is 32.8 Å². The SMILES string of the molecule is COc1ccccc1CCC(=O)NCC1CN(c2ccc(C)c(C)c2)C(=O)CO1. The number of anilines is 1. The van der Waals surface area contributed by atoms with Crippen LogP contribution in [0.3, 0.4) is 0 Å². The Morgan fingerprint density at radius 3 is 2.76 bits per heavy atom. The molecule has 6 heteroatoms. The lowest BCUT2D eigenvalue weighted by Crippen LogP contribution is -2.50.